The highest BCUT2D eigenvalue weighted by Crippen LogP contribution is 2.14. The number of nitrogens with zero attached hydrogens (tertiary/aromatic N) is 2. The minimum Gasteiger partial charge on any atom is -0.344 e. The maximum absolute atomic E-state index is 12.3. The van der Waals surface area contributed by atoms with Crippen molar-refractivity contribution in [2.24, 2.45) is 0 Å². The van der Waals surface area contributed by atoms with Crippen LogP contribution in [0.4, 0.5) is 0 Å². The van der Waals surface area contributed by atoms with Crippen LogP contribution in [0.1, 0.15) is 25.7 Å². The summed E-state index contributed by atoms with van der Waals surface area (Å²) in [4.78, 5) is 50.3. The van der Waals surface area contributed by atoms with E-state index < -0.39 is 12.1 Å². The van der Waals surface area contributed by atoms with Crippen LogP contribution in [0.15, 0.2) is 0 Å². The summed E-state index contributed by atoms with van der Waals surface area (Å²) >= 11 is 0. The lowest BCUT2D eigenvalue weighted by molar-refractivity contribution is -0.142. The number of carbonyl (C=O) groups excluding carboxylic acids is 4. The van der Waals surface area contributed by atoms with Crippen molar-refractivity contribution in [2.45, 2.75) is 37.8 Å². The number of hydrogen-bond donors (Lipinski definition) is 2. The Morgan fingerprint density at radius 3 is 1.41 bits per heavy atom. The van der Waals surface area contributed by atoms with Gasteiger partial charge in [-0.05, 0) is 12.8 Å². The number of amides is 4. The van der Waals surface area contributed by atoms with E-state index in [1.807, 2.05) is 0 Å². The predicted molar refractivity (Wildman–Crippen MR) is 75.5 cm³/mol. The summed E-state index contributed by atoms with van der Waals surface area (Å²) in [6, 6.07) is -0.826. The largest absolute Gasteiger partial charge is 0.344 e. The molecular weight excluding hydrogens is 288 g/mol. The number of piperazine rings is 1. The Labute approximate surface area is 128 Å². The molecule has 3 saturated heterocycles. The Morgan fingerprint density at radius 1 is 0.773 bits per heavy atom. The van der Waals surface area contributed by atoms with E-state index in [1.54, 1.807) is 9.80 Å². The van der Waals surface area contributed by atoms with Gasteiger partial charge in [-0.3, -0.25) is 19.2 Å². The fourth-order valence-electron chi connectivity index (χ4n) is 3.19. The van der Waals surface area contributed by atoms with Gasteiger partial charge < -0.3 is 20.4 Å². The van der Waals surface area contributed by atoms with Crippen molar-refractivity contribution in [2.75, 3.05) is 26.2 Å². The summed E-state index contributed by atoms with van der Waals surface area (Å²) < 4.78 is 0. The van der Waals surface area contributed by atoms with Gasteiger partial charge in [-0.25, -0.2) is 0 Å². The molecule has 0 aromatic heterocycles. The molecule has 3 fully saturated rings. The highest BCUT2D eigenvalue weighted by molar-refractivity contribution is 5.92. The molecule has 3 aliphatic heterocycles. The first-order chi connectivity index (χ1) is 10.5. The second-order valence-electron chi connectivity index (χ2n) is 5.97. The van der Waals surface area contributed by atoms with Gasteiger partial charge in [-0.1, -0.05) is 0 Å². The van der Waals surface area contributed by atoms with E-state index in [4.69, 9.17) is 0 Å². The maximum atomic E-state index is 12.3. The van der Waals surface area contributed by atoms with Crippen molar-refractivity contribution >= 4 is 23.6 Å². The third-order valence-electron chi connectivity index (χ3n) is 4.49. The van der Waals surface area contributed by atoms with Crippen LogP contribution >= 0.6 is 0 Å². The summed E-state index contributed by atoms with van der Waals surface area (Å²) in [5.41, 5.74) is 0. The topological polar surface area (TPSA) is 98.8 Å². The smallest absolute Gasteiger partial charge is 0.245 e. The summed E-state index contributed by atoms with van der Waals surface area (Å²) in [7, 11) is 0. The molecule has 0 aliphatic carbocycles. The van der Waals surface area contributed by atoms with Crippen LogP contribution in [0.5, 0.6) is 0 Å². The molecule has 3 rings (SSSR count). The summed E-state index contributed by atoms with van der Waals surface area (Å²) in [5.74, 6) is -0.285. The maximum Gasteiger partial charge on any atom is 0.245 e. The Hall–Kier alpha value is -2.12. The van der Waals surface area contributed by atoms with E-state index in [0.717, 1.165) is 0 Å². The zero-order valence-electron chi connectivity index (χ0n) is 12.3. The van der Waals surface area contributed by atoms with Gasteiger partial charge in [0.1, 0.15) is 12.1 Å². The Kier molecular flexibility index (Phi) is 4.00. The molecule has 0 aromatic rings. The summed E-state index contributed by atoms with van der Waals surface area (Å²) in [5, 5.41) is 5.35. The second kappa shape index (κ2) is 5.94. The fourth-order valence-corrected chi connectivity index (χ4v) is 3.19. The van der Waals surface area contributed by atoms with E-state index in [9.17, 15) is 19.2 Å². The number of hydrogen-bond acceptors (Lipinski definition) is 4. The first kappa shape index (κ1) is 14.8. The molecule has 8 heteroatoms. The summed E-state index contributed by atoms with van der Waals surface area (Å²) in [6.07, 6.45) is 1.89. The second-order valence-corrected chi connectivity index (χ2v) is 5.97. The van der Waals surface area contributed by atoms with Crippen molar-refractivity contribution in [3.05, 3.63) is 0 Å². The summed E-state index contributed by atoms with van der Waals surface area (Å²) in [6.45, 7) is 1.88. The van der Waals surface area contributed by atoms with Crippen molar-refractivity contribution in [1.29, 1.82) is 0 Å². The Morgan fingerprint density at radius 2 is 1.14 bits per heavy atom. The molecular formula is C14H20N4O4. The predicted octanol–water partition coefficient (Wildman–Crippen LogP) is -1.79. The first-order valence-corrected chi connectivity index (χ1v) is 7.71. The number of rotatable bonds is 2. The van der Waals surface area contributed by atoms with Crippen LogP contribution in [-0.2, 0) is 19.2 Å². The van der Waals surface area contributed by atoms with Crippen LogP contribution < -0.4 is 10.6 Å². The third-order valence-corrected chi connectivity index (χ3v) is 4.49. The Bertz CT molecular complexity index is 467. The molecule has 22 heavy (non-hydrogen) atoms. The minimum absolute atomic E-state index is 0.0629. The van der Waals surface area contributed by atoms with Gasteiger partial charge in [0.05, 0.1) is 0 Å². The zero-order chi connectivity index (χ0) is 15.7. The molecule has 3 aliphatic rings. The molecule has 8 nitrogen and oxygen atoms in total. The zero-order valence-corrected chi connectivity index (χ0v) is 12.3. The van der Waals surface area contributed by atoms with Crippen LogP contribution in [0, 0.1) is 0 Å². The molecule has 120 valence electrons. The van der Waals surface area contributed by atoms with E-state index in [0.29, 0.717) is 51.9 Å². The SMILES string of the molecule is O=C1CCC(C(=O)N2CCN(C(=O)C3CCC(=O)N3)CC2)N1. The third kappa shape index (κ3) is 2.90. The first-order valence-electron chi connectivity index (χ1n) is 7.71. The molecule has 0 saturated carbocycles. The van der Waals surface area contributed by atoms with E-state index in [2.05, 4.69) is 10.6 Å². The molecule has 3 heterocycles. The van der Waals surface area contributed by atoms with Crippen LogP contribution in [0.25, 0.3) is 0 Å². The van der Waals surface area contributed by atoms with Gasteiger partial charge in [0.2, 0.25) is 23.6 Å². The van der Waals surface area contributed by atoms with Crippen LogP contribution in [0.2, 0.25) is 0 Å². The van der Waals surface area contributed by atoms with Gasteiger partial charge in [-0.2, -0.15) is 0 Å². The standard InChI is InChI=1S/C14H20N4O4/c19-11-3-1-9(15-11)13(21)17-5-7-18(8-6-17)14(22)10-2-4-12(20)16-10/h9-10H,1-8H2,(H,15,19)(H,16,20). The fraction of sp³-hybridized carbons (Fsp3) is 0.714. The normalized spacial score (nSPS) is 28.5. The molecule has 4 amide bonds. The van der Waals surface area contributed by atoms with E-state index >= 15 is 0 Å². The van der Waals surface area contributed by atoms with Gasteiger partial charge in [0.15, 0.2) is 0 Å². The number of carbonyl (C=O) groups is 4. The molecule has 0 aromatic carbocycles. The number of nitrogens with one attached hydrogen (secondary N) is 2. The monoisotopic (exact) mass is 308 g/mol. The van der Waals surface area contributed by atoms with Crippen molar-refractivity contribution < 1.29 is 19.2 Å². The van der Waals surface area contributed by atoms with E-state index in [1.165, 1.54) is 0 Å². The van der Waals surface area contributed by atoms with Gasteiger partial charge in [-0.15, -0.1) is 0 Å². The lowest BCUT2D eigenvalue weighted by atomic mass is 10.1. The molecule has 2 atom stereocenters. The molecule has 0 radical (unpaired) electrons. The molecule has 2 unspecified atom stereocenters. The van der Waals surface area contributed by atoms with E-state index in [-0.39, 0.29) is 23.6 Å². The minimum atomic E-state index is -0.413. The van der Waals surface area contributed by atoms with Crippen LogP contribution in [0.3, 0.4) is 0 Å². The lowest BCUT2D eigenvalue weighted by Gasteiger charge is -2.36. The lowest BCUT2D eigenvalue weighted by Crippen LogP contribution is -2.56. The average Bonchev–Trinajstić information content (AvgIpc) is 3.14. The highest BCUT2D eigenvalue weighted by Gasteiger charge is 2.35. The molecule has 0 bridgehead atoms. The van der Waals surface area contributed by atoms with Crippen molar-refractivity contribution in [3.8, 4) is 0 Å². The van der Waals surface area contributed by atoms with Crippen molar-refractivity contribution in [1.82, 2.24) is 20.4 Å². The molecule has 2 N–H and O–H groups in total. The molecule has 0 spiro atoms. The van der Waals surface area contributed by atoms with Gasteiger partial charge in [0.25, 0.3) is 0 Å². The Balaban J connectivity index is 1.50. The highest BCUT2D eigenvalue weighted by atomic mass is 16.2. The van der Waals surface area contributed by atoms with Crippen LogP contribution in [-0.4, -0.2) is 71.7 Å². The van der Waals surface area contributed by atoms with Gasteiger partial charge >= 0.3 is 0 Å². The average molecular weight is 308 g/mol. The van der Waals surface area contributed by atoms with Gasteiger partial charge in [0, 0.05) is 39.0 Å². The van der Waals surface area contributed by atoms with Crippen molar-refractivity contribution in [3.63, 3.8) is 0 Å². The quantitative estimate of drug-likeness (QED) is 0.630.